The Morgan fingerprint density at radius 3 is 2.27 bits per heavy atom. The number of hydrogen-bond donors (Lipinski definition) is 2. The van der Waals surface area contributed by atoms with Crippen LogP contribution in [0, 0.1) is 0 Å². The molecule has 0 spiro atoms. The molecular weight excluding hydrogens is 424 g/mol. The molecule has 8 heteroatoms. The lowest BCUT2D eigenvalue weighted by Crippen LogP contribution is -2.37. The van der Waals surface area contributed by atoms with Gasteiger partial charge in [-0.2, -0.15) is 0 Å². The molecule has 1 aromatic rings. The molecule has 0 saturated carbocycles. The second-order valence-corrected chi connectivity index (χ2v) is 6.94. The molecule has 2 N–H and O–H groups in total. The summed E-state index contributed by atoms with van der Waals surface area (Å²) < 4.78 is 15.5. The smallest absolute Gasteiger partial charge is 0.324 e. The summed E-state index contributed by atoms with van der Waals surface area (Å²) >= 11 is 0. The minimum atomic E-state index is -0.781. The molecule has 0 heterocycles. The summed E-state index contributed by atoms with van der Waals surface area (Å²) in [5.74, 6) is -0.801. The van der Waals surface area contributed by atoms with Crippen LogP contribution in [0.4, 0.5) is 0 Å². The fourth-order valence-electron chi connectivity index (χ4n) is 2.08. The summed E-state index contributed by atoms with van der Waals surface area (Å²) in [5, 5.41) is 5.32. The van der Waals surface area contributed by atoms with Gasteiger partial charge in [0.1, 0.15) is 25.0 Å². The summed E-state index contributed by atoms with van der Waals surface area (Å²) in [5.41, 5.74) is 0.747. The van der Waals surface area contributed by atoms with Gasteiger partial charge in [0.05, 0.1) is 6.42 Å². The monoisotopic (exact) mass is 462 g/mol. The molecule has 0 fully saturated rings. The quantitative estimate of drug-likeness (QED) is 0.321. The molecule has 33 heavy (non-hydrogen) atoms. The van der Waals surface area contributed by atoms with Crippen molar-refractivity contribution in [3.8, 4) is 5.75 Å². The molecule has 8 nitrogen and oxygen atoms in total. The summed E-state index contributed by atoms with van der Waals surface area (Å²) in [4.78, 5) is 35.3. The number of esters is 2. The van der Waals surface area contributed by atoms with Gasteiger partial charge in [-0.05, 0) is 37.4 Å². The lowest BCUT2D eigenvalue weighted by molar-refractivity contribution is -0.152. The van der Waals surface area contributed by atoms with E-state index in [9.17, 15) is 14.4 Å². The van der Waals surface area contributed by atoms with Crippen LogP contribution in [0.2, 0.25) is 0 Å². The van der Waals surface area contributed by atoms with E-state index < -0.39 is 18.0 Å². The van der Waals surface area contributed by atoms with Crippen LogP contribution in [0.3, 0.4) is 0 Å². The Morgan fingerprint density at radius 2 is 1.73 bits per heavy atom. The molecular formula is C25H38N2O6. The summed E-state index contributed by atoms with van der Waals surface area (Å²) in [6.45, 7) is 9.83. The Labute approximate surface area is 197 Å². The van der Waals surface area contributed by atoms with E-state index in [1.807, 2.05) is 13.0 Å². The minimum Gasteiger partial charge on any atom is -0.484 e. The summed E-state index contributed by atoms with van der Waals surface area (Å²) in [6, 6.07) is 6.04. The van der Waals surface area contributed by atoms with E-state index in [0.29, 0.717) is 5.75 Å². The van der Waals surface area contributed by atoms with Crippen LogP contribution >= 0.6 is 0 Å². The van der Waals surface area contributed by atoms with Crippen molar-refractivity contribution in [2.45, 2.75) is 59.1 Å². The number of amides is 1. The van der Waals surface area contributed by atoms with Crippen molar-refractivity contribution in [1.82, 2.24) is 10.6 Å². The Hall–Kier alpha value is -3.13. The zero-order valence-electron chi connectivity index (χ0n) is 20.2. The van der Waals surface area contributed by atoms with Gasteiger partial charge in [0.25, 0.3) is 5.91 Å². The maximum atomic E-state index is 12.0. The highest BCUT2D eigenvalue weighted by atomic mass is 16.5. The van der Waals surface area contributed by atoms with Gasteiger partial charge >= 0.3 is 11.9 Å². The first kappa shape index (κ1) is 29.9. The molecule has 0 bridgehead atoms. The molecule has 1 rings (SSSR count). The van der Waals surface area contributed by atoms with Gasteiger partial charge in [-0.15, -0.1) is 0 Å². The number of benzene rings is 1. The predicted molar refractivity (Wildman–Crippen MR) is 129 cm³/mol. The van der Waals surface area contributed by atoms with E-state index in [1.165, 1.54) is 18.9 Å². The number of rotatable bonds is 14. The van der Waals surface area contributed by atoms with Crippen molar-refractivity contribution < 1.29 is 28.6 Å². The van der Waals surface area contributed by atoms with Gasteiger partial charge < -0.3 is 24.8 Å². The maximum absolute atomic E-state index is 12.0. The third kappa shape index (κ3) is 15.3. The Bertz CT molecular complexity index is 729. The van der Waals surface area contributed by atoms with Crippen molar-refractivity contribution in [3.05, 3.63) is 54.8 Å². The molecule has 0 aliphatic heterocycles. The third-order valence-corrected chi connectivity index (χ3v) is 4.14. The number of ether oxygens (including phenoxy) is 3. The van der Waals surface area contributed by atoms with Gasteiger partial charge in [0.15, 0.2) is 6.61 Å². The normalized spacial score (nSPS) is 11.0. The Balaban J connectivity index is 0.00000235. The topological polar surface area (TPSA) is 103 Å². The van der Waals surface area contributed by atoms with Crippen LogP contribution in [0.25, 0.3) is 0 Å². The Morgan fingerprint density at radius 1 is 1.06 bits per heavy atom. The number of hydrogen-bond acceptors (Lipinski definition) is 7. The Kier molecular flexibility index (Phi) is 17.7. The second-order valence-electron chi connectivity index (χ2n) is 6.94. The van der Waals surface area contributed by atoms with Crippen molar-refractivity contribution in [2.24, 2.45) is 0 Å². The van der Waals surface area contributed by atoms with Crippen molar-refractivity contribution in [2.75, 3.05) is 20.3 Å². The number of unbranched alkanes of at least 4 members (excludes halogenated alkanes) is 1. The molecule has 1 atom stereocenters. The zero-order valence-corrected chi connectivity index (χ0v) is 20.2. The van der Waals surface area contributed by atoms with Crippen LogP contribution in [0.5, 0.6) is 5.75 Å². The average molecular weight is 463 g/mol. The number of carbonyl (C=O) groups excluding carboxylic acids is 3. The van der Waals surface area contributed by atoms with Crippen molar-refractivity contribution in [3.63, 3.8) is 0 Å². The number of nitrogens with one attached hydrogen (secondary N) is 2. The molecule has 0 aromatic heterocycles. The molecule has 0 aliphatic rings. The van der Waals surface area contributed by atoms with E-state index in [1.54, 1.807) is 37.5 Å². The second kappa shape index (κ2) is 19.5. The fourth-order valence-corrected chi connectivity index (χ4v) is 2.08. The predicted octanol–water partition coefficient (Wildman–Crippen LogP) is 3.66. The van der Waals surface area contributed by atoms with E-state index in [-0.39, 0.29) is 32.1 Å². The van der Waals surface area contributed by atoms with Crippen LogP contribution in [-0.2, 0) is 30.5 Å². The molecule has 1 aromatic carbocycles. The number of likely N-dealkylation sites (N-methyl/N-ethyl adjacent to an activating group) is 1. The van der Waals surface area contributed by atoms with Gasteiger partial charge in [0.2, 0.25) is 0 Å². The molecule has 0 radical (unpaired) electrons. The highest BCUT2D eigenvalue weighted by Crippen LogP contribution is 2.13. The summed E-state index contributed by atoms with van der Waals surface area (Å²) in [7, 11) is 1.56. The first-order chi connectivity index (χ1) is 15.9. The van der Waals surface area contributed by atoms with Crippen molar-refractivity contribution >= 4 is 17.8 Å². The van der Waals surface area contributed by atoms with Gasteiger partial charge in [-0.1, -0.05) is 64.5 Å². The average Bonchev–Trinajstić information content (AvgIpc) is 2.84. The third-order valence-electron chi connectivity index (χ3n) is 4.14. The fraction of sp³-hybridized carbons (Fsp3) is 0.480. The van der Waals surface area contributed by atoms with Gasteiger partial charge in [0, 0.05) is 0 Å². The molecule has 0 saturated heterocycles. The summed E-state index contributed by atoms with van der Waals surface area (Å²) in [6.07, 6.45) is 8.20. The lowest BCUT2D eigenvalue weighted by atomic mass is 10.2. The van der Waals surface area contributed by atoms with E-state index in [2.05, 4.69) is 31.1 Å². The molecule has 184 valence electrons. The van der Waals surface area contributed by atoms with Crippen LogP contribution in [0.15, 0.2) is 49.2 Å². The lowest BCUT2D eigenvalue weighted by Gasteiger charge is -2.14. The maximum Gasteiger partial charge on any atom is 0.324 e. The van der Waals surface area contributed by atoms with Crippen LogP contribution in [-0.4, -0.2) is 44.1 Å². The standard InChI is InChI=1S/C21H28N2O6.C4H10/c1-4-6-11-23-19(24)15-28-17-9-7-16(8-10-17)14-29-20(25)13-18(22-3)21(26)27-12-5-2;1-3-4-2/h5-11,18,22H,2,4,12-15H2,1,3H3,(H,23,24);3-4H2,1-2H3/b11-6+;. The van der Waals surface area contributed by atoms with E-state index in [0.717, 1.165) is 12.0 Å². The largest absolute Gasteiger partial charge is 0.484 e. The molecule has 0 aliphatic carbocycles. The van der Waals surface area contributed by atoms with E-state index >= 15 is 0 Å². The highest BCUT2D eigenvalue weighted by Gasteiger charge is 2.22. The van der Waals surface area contributed by atoms with Gasteiger partial charge in [-0.3, -0.25) is 14.4 Å². The first-order valence-corrected chi connectivity index (χ1v) is 11.2. The zero-order chi connectivity index (χ0) is 24.9. The highest BCUT2D eigenvalue weighted by molar-refractivity contribution is 5.82. The van der Waals surface area contributed by atoms with E-state index in [4.69, 9.17) is 14.2 Å². The van der Waals surface area contributed by atoms with Crippen LogP contribution in [0.1, 0.15) is 52.0 Å². The minimum absolute atomic E-state index is 0.0551. The van der Waals surface area contributed by atoms with Crippen molar-refractivity contribution in [1.29, 1.82) is 0 Å². The number of allylic oxidation sites excluding steroid dienone is 1. The molecule has 1 unspecified atom stereocenters. The number of carbonyl (C=O) groups is 3. The SMILES string of the molecule is C=CCOC(=O)C(CC(=O)OCc1ccc(OCC(=O)N/C=C/CC)cc1)NC.CCCC. The first-order valence-electron chi connectivity index (χ1n) is 11.2. The molecule has 1 amide bonds. The van der Waals surface area contributed by atoms with Crippen LogP contribution < -0.4 is 15.4 Å². The van der Waals surface area contributed by atoms with Gasteiger partial charge in [-0.25, -0.2) is 0 Å².